The Morgan fingerprint density at radius 3 is 2.12 bits per heavy atom. The van der Waals surface area contributed by atoms with Gasteiger partial charge < -0.3 is 0 Å². The molecule has 0 amide bonds. The fourth-order valence-electron chi connectivity index (χ4n) is 2.68. The summed E-state index contributed by atoms with van der Waals surface area (Å²) in [5.41, 5.74) is 1.00. The summed E-state index contributed by atoms with van der Waals surface area (Å²) in [6.07, 6.45) is 5.53. The van der Waals surface area contributed by atoms with E-state index >= 15 is 0 Å². The molecule has 6 heteroatoms. The van der Waals surface area contributed by atoms with Crippen molar-refractivity contribution in [3.05, 3.63) is 60.3 Å². The van der Waals surface area contributed by atoms with Crippen LogP contribution in [-0.2, 0) is 20.8 Å². The van der Waals surface area contributed by atoms with E-state index in [1.807, 2.05) is 60.8 Å². The average Bonchev–Trinajstić information content (AvgIpc) is 3.00. The number of benzene rings is 1. The molecule has 1 aliphatic carbocycles. The topological polar surface area (TPSA) is 63.2 Å². The van der Waals surface area contributed by atoms with Crippen molar-refractivity contribution in [1.82, 2.24) is 4.72 Å². The Labute approximate surface area is 161 Å². The zero-order valence-electron chi connectivity index (χ0n) is 16.2. The molecular weight excluding hydrogens is 366 g/mol. The van der Waals surface area contributed by atoms with Gasteiger partial charge >= 0.3 is 0 Å². The van der Waals surface area contributed by atoms with Crippen LogP contribution in [0.15, 0.2) is 29.2 Å². The maximum atomic E-state index is 12.9. The second-order valence-corrected chi connectivity index (χ2v) is 11.8. The van der Waals surface area contributed by atoms with E-state index in [1.165, 1.54) is 0 Å². The first-order valence-electron chi connectivity index (χ1n) is 8.70. The molecule has 0 bridgehead atoms. The van der Waals surface area contributed by atoms with Gasteiger partial charge in [-0.25, -0.2) is 13.1 Å². The average molecular weight is 395 g/mol. The Morgan fingerprint density at radius 2 is 1.62 bits per heavy atom. The molecule has 1 aromatic rings. The Balaban J connectivity index is 2.28. The maximum Gasteiger partial charge on any atom is 0.240 e. The van der Waals surface area contributed by atoms with Crippen molar-refractivity contribution in [2.45, 2.75) is 57.2 Å². The third kappa shape index (κ3) is 4.96. The summed E-state index contributed by atoms with van der Waals surface area (Å²) in [5.74, 6) is 0.789. The van der Waals surface area contributed by atoms with Crippen LogP contribution in [0.1, 0.15) is 40.2 Å². The minimum atomic E-state index is -3.67. The third-order valence-electron chi connectivity index (χ3n) is 4.18. The maximum absolute atomic E-state index is 12.9. The summed E-state index contributed by atoms with van der Waals surface area (Å²) >= 11 is 0. The van der Waals surface area contributed by atoms with Crippen molar-refractivity contribution in [2.75, 3.05) is 0 Å². The molecule has 2 rings (SSSR count). The van der Waals surface area contributed by atoms with Crippen molar-refractivity contribution in [1.29, 1.82) is 0 Å². The van der Waals surface area contributed by atoms with E-state index in [0.29, 0.717) is 5.25 Å². The quantitative estimate of drug-likeness (QED) is 0.802. The highest BCUT2D eigenvalue weighted by atomic mass is 32.2. The zero-order valence-corrected chi connectivity index (χ0v) is 17.9. The summed E-state index contributed by atoms with van der Waals surface area (Å²) in [7, 11) is -4.90. The van der Waals surface area contributed by atoms with E-state index in [9.17, 15) is 12.6 Å². The number of rotatable bonds is 6. The number of nitrogens with one attached hydrogen (secondary N) is 1. The van der Waals surface area contributed by atoms with Gasteiger partial charge in [0, 0.05) is 27.5 Å². The van der Waals surface area contributed by atoms with Crippen LogP contribution in [0.3, 0.4) is 0 Å². The van der Waals surface area contributed by atoms with Crippen LogP contribution < -0.4 is 4.72 Å². The van der Waals surface area contributed by atoms with Gasteiger partial charge in [0.2, 0.25) is 10.0 Å². The molecule has 1 aliphatic rings. The summed E-state index contributed by atoms with van der Waals surface area (Å²) < 4.78 is 41.0. The molecule has 1 saturated carbocycles. The molecule has 5 radical (unpaired) electrons. The van der Waals surface area contributed by atoms with Crippen LogP contribution in [0.4, 0.5) is 0 Å². The van der Waals surface area contributed by atoms with Gasteiger partial charge in [-0.2, -0.15) is 0 Å². The molecule has 0 unspecified atom stereocenters. The second kappa shape index (κ2) is 8.11. The van der Waals surface area contributed by atoms with Crippen molar-refractivity contribution >= 4 is 20.8 Å². The molecule has 1 N–H and O–H groups in total. The number of aryl methyl sites for hydroxylation is 1. The molecule has 4 nitrogen and oxygen atoms in total. The van der Waals surface area contributed by atoms with Gasteiger partial charge in [0.25, 0.3) is 0 Å². The van der Waals surface area contributed by atoms with E-state index in [0.717, 1.165) is 11.5 Å². The molecule has 0 heterocycles. The fourth-order valence-corrected chi connectivity index (χ4v) is 5.32. The summed E-state index contributed by atoms with van der Waals surface area (Å²) in [5, 5.41) is 0.697. The molecule has 0 saturated heterocycles. The minimum Gasteiger partial charge on any atom is -0.258 e. The molecule has 1 aromatic carbocycles. The monoisotopic (exact) mass is 394 g/mol. The van der Waals surface area contributed by atoms with Crippen LogP contribution in [-0.4, -0.2) is 23.4 Å². The van der Waals surface area contributed by atoms with E-state index in [-0.39, 0.29) is 10.8 Å². The Kier molecular flexibility index (Phi) is 6.73. The van der Waals surface area contributed by atoms with E-state index in [1.54, 1.807) is 24.3 Å². The van der Waals surface area contributed by atoms with Crippen LogP contribution in [0.25, 0.3) is 0 Å². The van der Waals surface area contributed by atoms with Crippen molar-refractivity contribution in [2.24, 2.45) is 5.92 Å². The first-order valence-corrected chi connectivity index (χ1v) is 11.3. The Hall–Kier alpha value is -0.720. The highest BCUT2D eigenvalue weighted by Crippen LogP contribution is 2.43. The highest BCUT2D eigenvalue weighted by molar-refractivity contribution is 7.90. The summed E-state index contributed by atoms with van der Waals surface area (Å²) in [6, 6.07) is 6.32. The normalized spacial score (nSPS) is 19.8. The second-order valence-electron chi connectivity index (χ2n) is 7.88. The molecule has 2 atom stereocenters. The van der Waals surface area contributed by atoms with Crippen LogP contribution >= 0.6 is 0 Å². The van der Waals surface area contributed by atoms with Gasteiger partial charge in [0.1, 0.15) is 0 Å². The summed E-state index contributed by atoms with van der Waals surface area (Å²) in [6.45, 7) is 11.6. The van der Waals surface area contributed by atoms with Crippen molar-refractivity contribution in [3.63, 3.8) is 0 Å². The van der Waals surface area contributed by atoms with Crippen LogP contribution in [0, 0.1) is 43.3 Å². The fraction of sp³-hybridized carbons (Fsp3) is 0.450. The highest BCUT2D eigenvalue weighted by Gasteiger charge is 2.44. The largest absolute Gasteiger partial charge is 0.258 e. The van der Waals surface area contributed by atoms with Gasteiger partial charge in [-0.05, 0) is 65.0 Å². The number of sulfonamides is 1. The first-order chi connectivity index (χ1) is 11.9. The van der Waals surface area contributed by atoms with Gasteiger partial charge in [-0.15, -0.1) is 0 Å². The molecule has 26 heavy (non-hydrogen) atoms. The summed E-state index contributed by atoms with van der Waals surface area (Å²) in [4.78, 5) is 0.235. The van der Waals surface area contributed by atoms with Gasteiger partial charge in [-0.3, -0.25) is 4.21 Å². The molecule has 0 aliphatic heterocycles. The third-order valence-corrected chi connectivity index (χ3v) is 7.52. The predicted molar refractivity (Wildman–Crippen MR) is 107 cm³/mol. The van der Waals surface area contributed by atoms with Crippen molar-refractivity contribution in [3.8, 4) is 0 Å². The predicted octanol–water partition coefficient (Wildman–Crippen LogP) is 3.58. The van der Waals surface area contributed by atoms with Crippen LogP contribution in [0.5, 0.6) is 0 Å². The Morgan fingerprint density at radius 1 is 1.04 bits per heavy atom. The lowest BCUT2D eigenvalue weighted by atomic mass is 9.90. The van der Waals surface area contributed by atoms with Crippen molar-refractivity contribution < 1.29 is 12.6 Å². The molecule has 143 valence electrons. The molecular formula is C20H28NO3S2. The lowest BCUT2D eigenvalue weighted by Crippen LogP contribution is -2.45. The van der Waals surface area contributed by atoms with E-state index < -0.39 is 31.6 Å². The van der Waals surface area contributed by atoms with E-state index in [2.05, 4.69) is 4.72 Å². The molecule has 1 fully saturated rings. The molecule has 0 aromatic heterocycles. The smallest absolute Gasteiger partial charge is 0.240 e. The minimum absolute atomic E-state index is 0.00772. The van der Waals surface area contributed by atoms with Gasteiger partial charge in [0.05, 0.1) is 10.1 Å². The lowest BCUT2D eigenvalue weighted by molar-refractivity contribution is 0.470. The Bertz CT molecular complexity index is 733. The number of hydrogen-bond donors (Lipinski definition) is 1. The lowest BCUT2D eigenvalue weighted by Gasteiger charge is -2.33. The standard InChI is InChI=1S/C20H28NO3S2/c1-14(2)19(17-8-7-9-18(17)25(22)20(4,5)6)21-26(23,24)16-12-10-15(3)11-13-16/h7-14,19,21H,1-6H3/t19-,25-/m0/s1. The van der Waals surface area contributed by atoms with Gasteiger partial charge in [0.15, 0.2) is 0 Å². The molecule has 0 spiro atoms. The van der Waals surface area contributed by atoms with E-state index in [4.69, 9.17) is 0 Å². The van der Waals surface area contributed by atoms with Crippen LogP contribution in [0.2, 0.25) is 0 Å². The first kappa shape index (κ1) is 21.6. The van der Waals surface area contributed by atoms with Gasteiger partial charge in [-0.1, -0.05) is 31.5 Å². The SMILES string of the molecule is Cc1ccc(S(=O)(=O)N[C@H]([C]2[CH][CH][CH][C]2[S@](=O)C(C)(C)C)C(C)C)cc1. The number of hydrogen-bond acceptors (Lipinski definition) is 3. The zero-order chi connectivity index (χ0) is 19.7.